The number of aromatic amines is 1. The third-order valence-corrected chi connectivity index (χ3v) is 1.44. The Kier molecular flexibility index (Phi) is 1.87. The number of ketones is 1. The number of aromatic nitrogens is 1. The molecule has 1 heterocycles. The molecule has 1 aromatic heterocycles. The molecule has 0 aliphatic rings. The van der Waals surface area contributed by atoms with Crippen LogP contribution >= 0.6 is 0 Å². The summed E-state index contributed by atoms with van der Waals surface area (Å²) in [7, 11) is 0. The molecule has 3 nitrogen and oxygen atoms in total. The number of nitrogens with one attached hydrogen (secondary N) is 1. The Bertz CT molecular complexity index is 240. The van der Waals surface area contributed by atoms with Crippen molar-refractivity contribution in [2.24, 2.45) is 5.73 Å². The van der Waals surface area contributed by atoms with Gasteiger partial charge in [0.15, 0.2) is 5.78 Å². The molecule has 0 bridgehead atoms. The molecular weight excluding hydrogens is 128 g/mol. The highest BCUT2D eigenvalue weighted by Gasteiger charge is 2.05. The van der Waals surface area contributed by atoms with Gasteiger partial charge in [0.25, 0.3) is 0 Å². The van der Waals surface area contributed by atoms with Crippen molar-refractivity contribution in [1.82, 2.24) is 4.98 Å². The van der Waals surface area contributed by atoms with E-state index in [4.69, 9.17) is 5.73 Å². The van der Waals surface area contributed by atoms with Crippen LogP contribution in [0.5, 0.6) is 0 Å². The Balaban J connectivity index is 2.93. The van der Waals surface area contributed by atoms with E-state index in [1.54, 1.807) is 12.4 Å². The Morgan fingerprint density at radius 2 is 2.40 bits per heavy atom. The predicted octanol–water partition coefficient (Wildman–Crippen LogP) is 0.465. The van der Waals surface area contributed by atoms with Gasteiger partial charge in [-0.15, -0.1) is 0 Å². The Hall–Kier alpha value is -1.09. The van der Waals surface area contributed by atoms with Crippen molar-refractivity contribution in [3.05, 3.63) is 23.5 Å². The van der Waals surface area contributed by atoms with Crippen LogP contribution in [0.25, 0.3) is 0 Å². The molecule has 1 aromatic rings. The van der Waals surface area contributed by atoms with Gasteiger partial charge in [-0.05, 0) is 12.5 Å². The minimum atomic E-state index is -0.0150. The maximum absolute atomic E-state index is 11.0. The predicted molar refractivity (Wildman–Crippen MR) is 38.9 cm³/mol. The van der Waals surface area contributed by atoms with Crippen molar-refractivity contribution in [2.45, 2.75) is 6.92 Å². The van der Waals surface area contributed by atoms with Crippen LogP contribution in [-0.2, 0) is 0 Å². The van der Waals surface area contributed by atoms with Crippen LogP contribution in [0, 0.1) is 6.92 Å². The molecule has 0 saturated carbocycles. The van der Waals surface area contributed by atoms with Gasteiger partial charge in [0.05, 0.1) is 6.54 Å². The van der Waals surface area contributed by atoms with Crippen LogP contribution < -0.4 is 5.73 Å². The molecule has 3 N–H and O–H groups in total. The van der Waals surface area contributed by atoms with Gasteiger partial charge >= 0.3 is 0 Å². The normalized spacial score (nSPS) is 9.80. The first-order valence-electron chi connectivity index (χ1n) is 3.12. The number of Topliss-reactive ketones (excluding diaryl/α,β-unsaturated/α-hetero) is 1. The van der Waals surface area contributed by atoms with Crippen molar-refractivity contribution in [3.8, 4) is 0 Å². The largest absolute Gasteiger partial charge is 0.367 e. The lowest BCUT2D eigenvalue weighted by Gasteiger charge is -1.92. The molecule has 1 rings (SSSR count). The number of aryl methyl sites for hydroxylation is 1. The summed E-state index contributed by atoms with van der Waals surface area (Å²) in [6, 6.07) is 0. The van der Waals surface area contributed by atoms with Gasteiger partial charge in [0, 0.05) is 18.0 Å². The van der Waals surface area contributed by atoms with Crippen molar-refractivity contribution in [3.63, 3.8) is 0 Å². The fraction of sp³-hybridized carbons (Fsp3) is 0.286. The van der Waals surface area contributed by atoms with Crippen LogP contribution in [0.2, 0.25) is 0 Å². The maximum Gasteiger partial charge on any atom is 0.178 e. The zero-order chi connectivity index (χ0) is 7.56. The molecule has 0 aliphatic carbocycles. The van der Waals surface area contributed by atoms with Gasteiger partial charge < -0.3 is 10.7 Å². The Morgan fingerprint density at radius 3 is 2.80 bits per heavy atom. The minimum absolute atomic E-state index is 0.0150. The van der Waals surface area contributed by atoms with Gasteiger partial charge in [-0.3, -0.25) is 4.79 Å². The standard InChI is InChI=1S/C7H10N2O/c1-5-3-9-4-6(5)7(10)2-8/h3-4,9H,2,8H2,1H3. The van der Waals surface area contributed by atoms with E-state index in [2.05, 4.69) is 4.98 Å². The summed E-state index contributed by atoms with van der Waals surface area (Å²) in [5, 5.41) is 0. The average Bonchev–Trinajstić information content (AvgIpc) is 2.34. The van der Waals surface area contributed by atoms with E-state index < -0.39 is 0 Å². The summed E-state index contributed by atoms with van der Waals surface area (Å²) in [6.07, 6.45) is 3.45. The smallest absolute Gasteiger partial charge is 0.178 e. The molecule has 0 radical (unpaired) electrons. The maximum atomic E-state index is 11.0. The zero-order valence-electron chi connectivity index (χ0n) is 5.85. The molecule has 0 amide bonds. The van der Waals surface area contributed by atoms with Gasteiger partial charge in [-0.2, -0.15) is 0 Å². The summed E-state index contributed by atoms with van der Waals surface area (Å²) in [4.78, 5) is 13.8. The lowest BCUT2D eigenvalue weighted by Crippen LogP contribution is -2.13. The molecular formula is C7H10N2O. The Morgan fingerprint density at radius 1 is 1.70 bits per heavy atom. The molecule has 10 heavy (non-hydrogen) atoms. The van der Waals surface area contributed by atoms with Crippen molar-refractivity contribution in [2.75, 3.05) is 6.54 Å². The SMILES string of the molecule is Cc1c[nH]cc1C(=O)CN. The second-order valence-corrected chi connectivity index (χ2v) is 2.18. The van der Waals surface area contributed by atoms with E-state index in [9.17, 15) is 4.79 Å². The molecule has 0 unspecified atom stereocenters. The molecule has 54 valence electrons. The highest BCUT2D eigenvalue weighted by atomic mass is 16.1. The van der Waals surface area contributed by atoms with E-state index >= 15 is 0 Å². The molecule has 0 spiro atoms. The van der Waals surface area contributed by atoms with Crippen LogP contribution in [0.3, 0.4) is 0 Å². The summed E-state index contributed by atoms with van der Waals surface area (Å²) in [6.45, 7) is 1.96. The molecule has 0 aliphatic heterocycles. The summed E-state index contributed by atoms with van der Waals surface area (Å²) < 4.78 is 0. The van der Waals surface area contributed by atoms with Crippen molar-refractivity contribution in [1.29, 1.82) is 0 Å². The van der Waals surface area contributed by atoms with Gasteiger partial charge in [-0.1, -0.05) is 0 Å². The first kappa shape index (κ1) is 7.02. The number of hydrogen-bond donors (Lipinski definition) is 2. The van der Waals surface area contributed by atoms with Gasteiger partial charge in [-0.25, -0.2) is 0 Å². The summed E-state index contributed by atoms with van der Waals surface area (Å²) >= 11 is 0. The van der Waals surface area contributed by atoms with E-state index in [0.29, 0.717) is 5.56 Å². The minimum Gasteiger partial charge on any atom is -0.367 e. The quantitative estimate of drug-likeness (QED) is 0.583. The average molecular weight is 138 g/mol. The fourth-order valence-corrected chi connectivity index (χ4v) is 0.852. The monoisotopic (exact) mass is 138 g/mol. The fourth-order valence-electron chi connectivity index (χ4n) is 0.852. The number of hydrogen-bond acceptors (Lipinski definition) is 2. The highest BCUT2D eigenvalue weighted by molar-refractivity contribution is 5.98. The van der Waals surface area contributed by atoms with E-state index in [-0.39, 0.29) is 12.3 Å². The molecule has 0 aromatic carbocycles. The number of carbonyl (C=O) groups is 1. The number of carbonyl (C=O) groups excluding carboxylic acids is 1. The second kappa shape index (κ2) is 2.66. The van der Waals surface area contributed by atoms with Crippen molar-refractivity contribution < 1.29 is 4.79 Å². The highest BCUT2D eigenvalue weighted by Crippen LogP contribution is 2.05. The third kappa shape index (κ3) is 1.09. The van der Waals surface area contributed by atoms with E-state index in [1.165, 1.54) is 0 Å². The van der Waals surface area contributed by atoms with Gasteiger partial charge in [0.2, 0.25) is 0 Å². The lowest BCUT2D eigenvalue weighted by atomic mass is 10.1. The van der Waals surface area contributed by atoms with Crippen LogP contribution in [0.1, 0.15) is 15.9 Å². The Labute approximate surface area is 59.2 Å². The van der Waals surface area contributed by atoms with Crippen LogP contribution in [0.4, 0.5) is 0 Å². The van der Waals surface area contributed by atoms with Crippen molar-refractivity contribution >= 4 is 5.78 Å². The van der Waals surface area contributed by atoms with E-state index in [1.807, 2.05) is 6.92 Å². The van der Waals surface area contributed by atoms with Crippen LogP contribution in [0.15, 0.2) is 12.4 Å². The molecule has 0 fully saturated rings. The second-order valence-electron chi connectivity index (χ2n) is 2.18. The third-order valence-electron chi connectivity index (χ3n) is 1.44. The molecule has 0 saturated heterocycles. The number of nitrogens with two attached hydrogens (primary N) is 1. The first-order chi connectivity index (χ1) is 4.75. The number of rotatable bonds is 2. The summed E-state index contributed by atoms with van der Waals surface area (Å²) in [5.41, 5.74) is 6.82. The summed E-state index contributed by atoms with van der Waals surface area (Å²) in [5.74, 6) is -0.0150. The molecule has 3 heteroatoms. The first-order valence-corrected chi connectivity index (χ1v) is 3.12. The molecule has 0 atom stereocenters. The zero-order valence-corrected chi connectivity index (χ0v) is 5.85. The lowest BCUT2D eigenvalue weighted by molar-refractivity contribution is 0.100. The van der Waals surface area contributed by atoms with Crippen LogP contribution in [-0.4, -0.2) is 17.3 Å². The number of H-pyrrole nitrogens is 1. The topological polar surface area (TPSA) is 58.9 Å². The van der Waals surface area contributed by atoms with E-state index in [0.717, 1.165) is 5.56 Å². The van der Waals surface area contributed by atoms with Gasteiger partial charge in [0.1, 0.15) is 0 Å².